The summed E-state index contributed by atoms with van der Waals surface area (Å²) in [5.41, 5.74) is 2.12. The van der Waals surface area contributed by atoms with E-state index in [-0.39, 0.29) is 10.8 Å². The zero-order valence-electron chi connectivity index (χ0n) is 12.0. The van der Waals surface area contributed by atoms with Gasteiger partial charge in [0.1, 0.15) is 5.82 Å². The number of aromatic nitrogens is 4. The van der Waals surface area contributed by atoms with Gasteiger partial charge in [0.25, 0.3) is 0 Å². The van der Waals surface area contributed by atoms with Gasteiger partial charge in [-0.05, 0) is 47.6 Å². The van der Waals surface area contributed by atoms with Crippen LogP contribution in [0.1, 0.15) is 29.4 Å². The smallest absolute Gasteiger partial charge is 0.197 e. The number of rotatable bonds is 3. The standard InChI is InChI=1S/C17H12ClFN4/c18-14-6-10(2-3-15(14)19)12-7-13(12)11-8-22-17(23-9-11)16-20-4-1-5-21-16/h1-6,8-9,12-13H,7H2/t12-,13-/m0/s1. The summed E-state index contributed by atoms with van der Waals surface area (Å²) < 4.78 is 13.2. The molecule has 1 aliphatic rings. The van der Waals surface area contributed by atoms with Crippen molar-refractivity contribution in [2.45, 2.75) is 18.3 Å². The van der Waals surface area contributed by atoms with Crippen LogP contribution in [0, 0.1) is 5.82 Å². The molecule has 0 spiro atoms. The highest BCUT2D eigenvalue weighted by atomic mass is 35.5. The molecule has 4 nitrogen and oxygen atoms in total. The Balaban J connectivity index is 1.53. The molecule has 0 saturated heterocycles. The third-order valence-electron chi connectivity index (χ3n) is 4.03. The zero-order chi connectivity index (χ0) is 15.8. The van der Waals surface area contributed by atoms with Crippen molar-refractivity contribution in [1.82, 2.24) is 19.9 Å². The molecule has 1 aromatic carbocycles. The van der Waals surface area contributed by atoms with Crippen LogP contribution in [0.2, 0.25) is 5.02 Å². The quantitative estimate of drug-likeness (QED) is 0.730. The Bertz CT molecular complexity index is 839. The molecule has 1 fully saturated rings. The Morgan fingerprint density at radius 3 is 2.26 bits per heavy atom. The van der Waals surface area contributed by atoms with E-state index in [9.17, 15) is 4.39 Å². The lowest BCUT2D eigenvalue weighted by atomic mass is 10.1. The van der Waals surface area contributed by atoms with E-state index >= 15 is 0 Å². The molecule has 6 heteroatoms. The van der Waals surface area contributed by atoms with E-state index in [2.05, 4.69) is 19.9 Å². The van der Waals surface area contributed by atoms with Gasteiger partial charge in [0.05, 0.1) is 5.02 Å². The Morgan fingerprint density at radius 1 is 0.913 bits per heavy atom. The largest absolute Gasteiger partial charge is 0.234 e. The maximum atomic E-state index is 13.2. The molecular formula is C17H12ClFN4. The van der Waals surface area contributed by atoms with Crippen LogP contribution in [-0.2, 0) is 0 Å². The van der Waals surface area contributed by atoms with Gasteiger partial charge in [0, 0.05) is 24.8 Å². The minimum Gasteiger partial charge on any atom is -0.234 e. The summed E-state index contributed by atoms with van der Waals surface area (Å²) in [6.45, 7) is 0. The van der Waals surface area contributed by atoms with Crippen molar-refractivity contribution in [3.63, 3.8) is 0 Å². The molecule has 2 heterocycles. The summed E-state index contributed by atoms with van der Waals surface area (Å²) in [7, 11) is 0. The Morgan fingerprint density at radius 2 is 1.57 bits per heavy atom. The maximum Gasteiger partial charge on any atom is 0.197 e. The average Bonchev–Trinajstić information content (AvgIpc) is 3.39. The molecule has 0 unspecified atom stereocenters. The van der Waals surface area contributed by atoms with Gasteiger partial charge in [-0.2, -0.15) is 0 Å². The number of nitrogens with zero attached hydrogens (tertiary/aromatic N) is 4. The highest BCUT2D eigenvalue weighted by Crippen LogP contribution is 2.54. The molecule has 3 aromatic rings. The minimum absolute atomic E-state index is 0.168. The summed E-state index contributed by atoms with van der Waals surface area (Å²) in [6.07, 6.45) is 7.94. The molecule has 2 aromatic heterocycles. The fourth-order valence-electron chi connectivity index (χ4n) is 2.73. The topological polar surface area (TPSA) is 51.6 Å². The van der Waals surface area contributed by atoms with Gasteiger partial charge in [-0.15, -0.1) is 0 Å². The molecule has 0 amide bonds. The molecular weight excluding hydrogens is 315 g/mol. The first-order valence-corrected chi connectivity index (χ1v) is 7.64. The van der Waals surface area contributed by atoms with Gasteiger partial charge in [-0.3, -0.25) is 0 Å². The highest BCUT2D eigenvalue weighted by molar-refractivity contribution is 6.30. The second kappa shape index (κ2) is 5.66. The lowest BCUT2D eigenvalue weighted by Crippen LogP contribution is -1.95. The number of benzene rings is 1. The van der Waals surface area contributed by atoms with Gasteiger partial charge in [0.2, 0.25) is 0 Å². The van der Waals surface area contributed by atoms with Crippen molar-refractivity contribution in [2.75, 3.05) is 0 Å². The Labute approximate surface area is 137 Å². The van der Waals surface area contributed by atoms with Crippen LogP contribution >= 0.6 is 11.6 Å². The second-order valence-corrected chi connectivity index (χ2v) is 5.94. The van der Waals surface area contributed by atoms with Crippen molar-refractivity contribution in [3.8, 4) is 11.6 Å². The van der Waals surface area contributed by atoms with Crippen LogP contribution in [0.3, 0.4) is 0 Å². The Hall–Kier alpha value is -2.40. The van der Waals surface area contributed by atoms with Crippen molar-refractivity contribution >= 4 is 11.6 Å². The fourth-order valence-corrected chi connectivity index (χ4v) is 2.92. The molecule has 2 atom stereocenters. The molecule has 23 heavy (non-hydrogen) atoms. The van der Waals surface area contributed by atoms with E-state index in [0.717, 1.165) is 17.5 Å². The minimum atomic E-state index is -0.386. The van der Waals surface area contributed by atoms with Crippen LogP contribution in [0.15, 0.2) is 49.1 Å². The number of hydrogen-bond acceptors (Lipinski definition) is 4. The molecule has 0 aliphatic heterocycles. The average molecular weight is 327 g/mol. The van der Waals surface area contributed by atoms with Gasteiger partial charge >= 0.3 is 0 Å². The molecule has 1 saturated carbocycles. The first-order valence-electron chi connectivity index (χ1n) is 7.26. The zero-order valence-corrected chi connectivity index (χ0v) is 12.8. The second-order valence-electron chi connectivity index (χ2n) is 5.53. The lowest BCUT2D eigenvalue weighted by molar-refractivity contribution is 0.627. The first kappa shape index (κ1) is 14.2. The molecule has 0 bridgehead atoms. The van der Waals surface area contributed by atoms with Crippen LogP contribution in [-0.4, -0.2) is 19.9 Å². The van der Waals surface area contributed by atoms with Crippen molar-refractivity contribution < 1.29 is 4.39 Å². The fraction of sp³-hybridized carbons (Fsp3) is 0.176. The summed E-state index contributed by atoms with van der Waals surface area (Å²) in [5, 5.41) is 0.168. The number of halogens is 2. The number of hydrogen-bond donors (Lipinski definition) is 0. The predicted octanol–water partition coefficient (Wildman–Crippen LogP) is 4.00. The third kappa shape index (κ3) is 2.80. The van der Waals surface area contributed by atoms with Gasteiger partial charge in [-0.25, -0.2) is 24.3 Å². The van der Waals surface area contributed by atoms with E-state index < -0.39 is 0 Å². The lowest BCUT2D eigenvalue weighted by Gasteiger charge is -2.03. The predicted molar refractivity (Wildman–Crippen MR) is 84.6 cm³/mol. The van der Waals surface area contributed by atoms with E-state index in [1.807, 2.05) is 12.4 Å². The van der Waals surface area contributed by atoms with Crippen LogP contribution in [0.5, 0.6) is 0 Å². The monoisotopic (exact) mass is 326 g/mol. The van der Waals surface area contributed by atoms with Crippen LogP contribution < -0.4 is 0 Å². The summed E-state index contributed by atoms with van der Waals surface area (Å²) in [4.78, 5) is 17.0. The molecule has 4 rings (SSSR count). The van der Waals surface area contributed by atoms with Crippen LogP contribution in [0.4, 0.5) is 4.39 Å². The Kier molecular flexibility index (Phi) is 3.50. The SMILES string of the molecule is Fc1ccc([C@@H]2C[C@H]2c2cnc(-c3ncccn3)nc2)cc1Cl. The third-order valence-corrected chi connectivity index (χ3v) is 4.32. The van der Waals surface area contributed by atoms with Crippen molar-refractivity contribution in [2.24, 2.45) is 0 Å². The summed E-state index contributed by atoms with van der Waals surface area (Å²) in [6, 6.07) is 6.66. The highest BCUT2D eigenvalue weighted by Gasteiger charge is 2.40. The molecule has 1 aliphatic carbocycles. The van der Waals surface area contributed by atoms with E-state index in [1.165, 1.54) is 6.07 Å². The van der Waals surface area contributed by atoms with E-state index in [1.54, 1.807) is 30.6 Å². The first-order chi connectivity index (χ1) is 11.2. The molecule has 114 valence electrons. The summed E-state index contributed by atoms with van der Waals surface area (Å²) >= 11 is 5.85. The van der Waals surface area contributed by atoms with Gasteiger partial charge < -0.3 is 0 Å². The van der Waals surface area contributed by atoms with Gasteiger partial charge in [0.15, 0.2) is 11.6 Å². The van der Waals surface area contributed by atoms with E-state index in [0.29, 0.717) is 23.5 Å². The maximum absolute atomic E-state index is 13.2. The van der Waals surface area contributed by atoms with E-state index in [4.69, 9.17) is 11.6 Å². The van der Waals surface area contributed by atoms with Crippen molar-refractivity contribution in [3.05, 3.63) is 71.0 Å². The molecule has 0 N–H and O–H groups in total. The van der Waals surface area contributed by atoms with Crippen molar-refractivity contribution in [1.29, 1.82) is 0 Å². The van der Waals surface area contributed by atoms with Crippen LogP contribution in [0.25, 0.3) is 11.6 Å². The summed E-state index contributed by atoms with van der Waals surface area (Å²) in [5.74, 6) is 1.33. The molecule has 0 radical (unpaired) electrons. The normalized spacial score (nSPS) is 19.6. The van der Waals surface area contributed by atoms with Gasteiger partial charge in [-0.1, -0.05) is 17.7 Å².